The summed E-state index contributed by atoms with van der Waals surface area (Å²) in [7, 11) is 0. The number of hydrogen-bond acceptors (Lipinski definition) is 4. The summed E-state index contributed by atoms with van der Waals surface area (Å²) in [6.07, 6.45) is 4.22. The average Bonchev–Trinajstić information content (AvgIpc) is 2.69. The predicted molar refractivity (Wildman–Crippen MR) is 111 cm³/mol. The Morgan fingerprint density at radius 3 is 2.26 bits per heavy atom. The molecule has 2 N–H and O–H groups in total. The average molecular weight is 370 g/mol. The zero-order chi connectivity index (χ0) is 19.3. The number of hydrogen-bond donors (Lipinski definition) is 2. The molecule has 0 bridgehead atoms. The summed E-state index contributed by atoms with van der Waals surface area (Å²) in [5.41, 5.74) is 1.57. The van der Waals surface area contributed by atoms with Crippen molar-refractivity contribution in [3.63, 3.8) is 0 Å². The van der Waals surface area contributed by atoms with E-state index in [4.69, 9.17) is 9.47 Å². The van der Waals surface area contributed by atoms with Crippen molar-refractivity contribution in [1.82, 2.24) is 0 Å². The first-order valence-electron chi connectivity index (χ1n) is 9.71. The molecule has 146 valence electrons. The maximum absolute atomic E-state index is 12.3. The number of benzene rings is 2. The van der Waals surface area contributed by atoms with Crippen LogP contribution in [0.5, 0.6) is 11.5 Å². The summed E-state index contributed by atoms with van der Waals surface area (Å²) in [5, 5.41) is 6.02. The third-order valence-corrected chi connectivity index (χ3v) is 3.99. The van der Waals surface area contributed by atoms with Crippen LogP contribution < -0.4 is 20.1 Å². The quantitative estimate of drug-likeness (QED) is 0.511. The van der Waals surface area contributed by atoms with Crippen molar-refractivity contribution in [3.05, 3.63) is 48.5 Å². The fourth-order valence-electron chi connectivity index (χ4n) is 2.40. The third-order valence-electron chi connectivity index (χ3n) is 3.99. The van der Waals surface area contributed by atoms with Crippen LogP contribution in [0, 0.1) is 0 Å². The highest BCUT2D eigenvalue weighted by molar-refractivity contribution is 5.95. The molecule has 0 atom stereocenters. The molecule has 5 nitrogen and oxygen atoms in total. The van der Waals surface area contributed by atoms with E-state index < -0.39 is 0 Å². The minimum Gasteiger partial charge on any atom is -0.494 e. The monoisotopic (exact) mass is 370 g/mol. The van der Waals surface area contributed by atoms with Crippen LogP contribution >= 0.6 is 0 Å². The number of carbonyl (C=O) groups excluding carboxylic acids is 1. The molecule has 2 aromatic rings. The number of para-hydroxylation sites is 2. The second kappa shape index (κ2) is 11.8. The van der Waals surface area contributed by atoms with E-state index >= 15 is 0 Å². The van der Waals surface area contributed by atoms with E-state index in [2.05, 4.69) is 24.5 Å². The normalized spacial score (nSPS) is 10.3. The first kappa shape index (κ1) is 20.6. The van der Waals surface area contributed by atoms with E-state index in [0.29, 0.717) is 18.0 Å². The van der Waals surface area contributed by atoms with Crippen LogP contribution in [0.1, 0.15) is 39.5 Å². The lowest BCUT2D eigenvalue weighted by Crippen LogP contribution is -2.22. The Bertz CT molecular complexity index is 686. The molecule has 2 aromatic carbocycles. The van der Waals surface area contributed by atoms with Gasteiger partial charge in [-0.2, -0.15) is 0 Å². The minimum atomic E-state index is -0.121. The van der Waals surface area contributed by atoms with E-state index in [1.54, 1.807) is 0 Å². The van der Waals surface area contributed by atoms with Gasteiger partial charge < -0.3 is 20.1 Å². The summed E-state index contributed by atoms with van der Waals surface area (Å²) in [6.45, 7) is 5.81. The van der Waals surface area contributed by atoms with Crippen LogP contribution in [0.4, 0.5) is 11.4 Å². The second-order valence-corrected chi connectivity index (χ2v) is 6.33. The second-order valence-electron chi connectivity index (χ2n) is 6.33. The zero-order valence-corrected chi connectivity index (χ0v) is 16.3. The van der Waals surface area contributed by atoms with Gasteiger partial charge in [-0.05, 0) is 49.2 Å². The summed E-state index contributed by atoms with van der Waals surface area (Å²) < 4.78 is 11.4. The van der Waals surface area contributed by atoms with Gasteiger partial charge in [0.2, 0.25) is 5.91 Å². The van der Waals surface area contributed by atoms with Gasteiger partial charge in [0.25, 0.3) is 0 Å². The van der Waals surface area contributed by atoms with Crippen molar-refractivity contribution in [2.45, 2.75) is 39.5 Å². The molecule has 0 radical (unpaired) electrons. The van der Waals surface area contributed by atoms with Crippen molar-refractivity contribution in [3.8, 4) is 11.5 Å². The molecule has 2 rings (SSSR count). The number of ether oxygens (including phenoxy) is 2. The van der Waals surface area contributed by atoms with E-state index in [-0.39, 0.29) is 12.5 Å². The van der Waals surface area contributed by atoms with Crippen LogP contribution in [0.15, 0.2) is 48.5 Å². The smallest absolute Gasteiger partial charge is 0.243 e. The molecule has 0 saturated heterocycles. The fourth-order valence-corrected chi connectivity index (χ4v) is 2.40. The van der Waals surface area contributed by atoms with Crippen LogP contribution in [0.2, 0.25) is 0 Å². The molecule has 1 amide bonds. The Labute approximate surface area is 162 Å². The summed E-state index contributed by atoms with van der Waals surface area (Å²) in [5.74, 6) is 1.43. The molecule has 0 unspecified atom stereocenters. The number of anilines is 2. The van der Waals surface area contributed by atoms with Crippen LogP contribution in [0.25, 0.3) is 0 Å². The van der Waals surface area contributed by atoms with Crippen molar-refractivity contribution in [1.29, 1.82) is 0 Å². The number of unbranched alkanes of at least 4 members (excludes halogenated alkanes) is 2. The van der Waals surface area contributed by atoms with Gasteiger partial charge in [0.05, 0.1) is 25.4 Å². The number of amides is 1. The van der Waals surface area contributed by atoms with Gasteiger partial charge in [0.1, 0.15) is 11.5 Å². The molecule has 0 aliphatic carbocycles. The largest absolute Gasteiger partial charge is 0.494 e. The number of nitrogens with one attached hydrogen (secondary N) is 2. The Kier molecular flexibility index (Phi) is 9.04. The molecule has 0 heterocycles. The van der Waals surface area contributed by atoms with Gasteiger partial charge in [-0.25, -0.2) is 0 Å². The topological polar surface area (TPSA) is 59.6 Å². The molecule has 0 aliphatic rings. The predicted octanol–water partition coefficient (Wildman–Crippen LogP) is 5.10. The molecule has 0 saturated carbocycles. The Morgan fingerprint density at radius 2 is 1.56 bits per heavy atom. The Hall–Kier alpha value is -2.69. The number of rotatable bonds is 12. The van der Waals surface area contributed by atoms with Crippen LogP contribution in [0.3, 0.4) is 0 Å². The van der Waals surface area contributed by atoms with Gasteiger partial charge in [-0.15, -0.1) is 0 Å². The van der Waals surface area contributed by atoms with Crippen LogP contribution in [-0.4, -0.2) is 25.7 Å². The van der Waals surface area contributed by atoms with Gasteiger partial charge in [-0.1, -0.05) is 38.8 Å². The lowest BCUT2D eigenvalue weighted by Gasteiger charge is -2.13. The summed E-state index contributed by atoms with van der Waals surface area (Å²) in [6, 6.07) is 15.1. The maximum atomic E-state index is 12.3. The fraction of sp³-hybridized carbons (Fsp3) is 0.409. The molecule has 0 aromatic heterocycles. The van der Waals surface area contributed by atoms with Crippen molar-refractivity contribution >= 4 is 17.3 Å². The third kappa shape index (κ3) is 7.60. The SMILES string of the molecule is CCCCOc1ccc(NCC(=O)Nc2ccccc2OCCCC)cc1. The zero-order valence-electron chi connectivity index (χ0n) is 16.3. The molecule has 0 spiro atoms. The van der Waals surface area contributed by atoms with Gasteiger partial charge in [0, 0.05) is 5.69 Å². The molecule has 5 heteroatoms. The molecular formula is C22H30N2O3. The summed E-state index contributed by atoms with van der Waals surface area (Å²) >= 11 is 0. The molecule has 27 heavy (non-hydrogen) atoms. The van der Waals surface area contributed by atoms with E-state index in [1.807, 2.05) is 48.5 Å². The molecule has 0 aliphatic heterocycles. The summed E-state index contributed by atoms with van der Waals surface area (Å²) in [4.78, 5) is 12.3. The van der Waals surface area contributed by atoms with E-state index in [1.165, 1.54) is 0 Å². The lowest BCUT2D eigenvalue weighted by molar-refractivity contribution is -0.114. The maximum Gasteiger partial charge on any atom is 0.243 e. The van der Waals surface area contributed by atoms with Gasteiger partial charge >= 0.3 is 0 Å². The standard InChI is InChI=1S/C22H30N2O3/c1-3-5-15-26-19-13-11-18(12-14-19)23-17-22(25)24-20-9-7-8-10-21(20)27-16-6-4-2/h7-14,23H,3-6,15-17H2,1-2H3,(H,24,25). The van der Waals surface area contributed by atoms with Crippen LogP contribution in [-0.2, 0) is 4.79 Å². The van der Waals surface area contributed by atoms with Crippen molar-refractivity contribution in [2.75, 3.05) is 30.4 Å². The van der Waals surface area contributed by atoms with Crippen molar-refractivity contribution < 1.29 is 14.3 Å². The molecular weight excluding hydrogens is 340 g/mol. The van der Waals surface area contributed by atoms with Gasteiger partial charge in [0.15, 0.2) is 0 Å². The molecule has 0 fully saturated rings. The highest BCUT2D eigenvalue weighted by Crippen LogP contribution is 2.24. The highest BCUT2D eigenvalue weighted by Gasteiger charge is 2.07. The van der Waals surface area contributed by atoms with Crippen molar-refractivity contribution in [2.24, 2.45) is 0 Å². The van der Waals surface area contributed by atoms with E-state index in [0.717, 1.165) is 43.7 Å². The first-order valence-corrected chi connectivity index (χ1v) is 9.71. The van der Waals surface area contributed by atoms with Gasteiger partial charge in [-0.3, -0.25) is 4.79 Å². The Morgan fingerprint density at radius 1 is 0.889 bits per heavy atom. The highest BCUT2D eigenvalue weighted by atomic mass is 16.5. The lowest BCUT2D eigenvalue weighted by atomic mass is 10.2. The Balaban J connectivity index is 1.81. The van der Waals surface area contributed by atoms with E-state index in [9.17, 15) is 4.79 Å². The minimum absolute atomic E-state index is 0.121. The number of carbonyl (C=O) groups is 1. The first-order chi connectivity index (χ1) is 13.2.